The molecule has 0 saturated carbocycles. The largest absolute Gasteiger partial charge is 1.00 e. The quantitative estimate of drug-likeness (QED) is 0.140. The van der Waals surface area contributed by atoms with Crippen LogP contribution in [0.25, 0.3) is 0 Å². The molecule has 0 aliphatic rings. The van der Waals surface area contributed by atoms with Crippen molar-refractivity contribution < 1.29 is 68.2 Å². The van der Waals surface area contributed by atoms with Crippen molar-refractivity contribution in [3.63, 3.8) is 0 Å². The van der Waals surface area contributed by atoms with E-state index in [1.165, 1.54) is 0 Å². The van der Waals surface area contributed by atoms with Crippen molar-refractivity contribution in [3.05, 3.63) is 7.43 Å². The van der Waals surface area contributed by atoms with Gasteiger partial charge in [0.2, 0.25) is 0 Å². The molecular formula is C6H26Al2I2Li2O6. The maximum atomic E-state index is 8.12. The fourth-order valence-corrected chi connectivity index (χ4v) is 0. The molecule has 0 fully saturated rings. The molecule has 108 valence electrons. The average Bonchev–Trinajstić information content (AvgIpc) is 1.96. The zero-order chi connectivity index (χ0) is 10.1. The number of rotatable bonds is 0. The Labute approximate surface area is 186 Å². The van der Waals surface area contributed by atoms with Crippen molar-refractivity contribution in [1.29, 1.82) is 0 Å². The number of hydrogen-bond donors (Lipinski definition) is 0. The number of ether oxygens (including phenoxy) is 1. The van der Waals surface area contributed by atoms with Gasteiger partial charge in [0, 0.05) is 21.3 Å². The normalized spacial score (nSPS) is 2.72. The monoisotopic (exact) mass is 510 g/mol. The van der Waals surface area contributed by atoms with Crippen LogP contribution < -0.4 is 37.7 Å². The number of hydrogen-bond acceptors (Lipinski definition) is 4. The Hall–Kier alpha value is 2.94. The Morgan fingerprint density at radius 2 is 1.06 bits per heavy atom. The van der Waals surface area contributed by atoms with Gasteiger partial charge in [-0.15, -0.1) is 24.0 Å². The topological polar surface area (TPSA) is 116 Å². The Kier molecular flexibility index (Phi) is 949. The van der Waals surface area contributed by atoms with Crippen molar-refractivity contribution in [2.45, 2.75) is 0 Å². The van der Waals surface area contributed by atoms with Crippen molar-refractivity contribution in [2.24, 2.45) is 0 Å². The van der Waals surface area contributed by atoms with Crippen LogP contribution in [0.15, 0.2) is 0 Å². The minimum Gasteiger partial charge on any atom is -1.00 e. The first-order valence-electron chi connectivity index (χ1n) is 2.42. The fourth-order valence-electron chi connectivity index (χ4n) is 0. The molecule has 0 unspecified atom stereocenters. The predicted molar refractivity (Wildman–Crippen MR) is 93.5 cm³/mol. The van der Waals surface area contributed by atoms with Crippen molar-refractivity contribution in [1.82, 2.24) is 0 Å². The summed E-state index contributed by atoms with van der Waals surface area (Å²) in [6, 6.07) is 0. The van der Waals surface area contributed by atoms with Crippen LogP contribution in [0.2, 0.25) is 0 Å². The summed E-state index contributed by atoms with van der Waals surface area (Å²) < 4.78 is 8.64. The SMILES string of the molecule is I.O.O.O=[11C]=O.[11CH3-].[11CH3]I.[11CH3]O[11CH3].[11CH3][O][AlH2].[AlH3].[H-].[Li+].[Li+]. The molecule has 4 N–H and O–H groups in total. The molecular weight excluding hydrogens is 484 g/mol. The van der Waals surface area contributed by atoms with Crippen LogP contribution in [0.3, 0.4) is 0 Å². The van der Waals surface area contributed by atoms with E-state index in [1.807, 2.05) is 4.93 Å². The van der Waals surface area contributed by atoms with Crippen LogP contribution in [0, 0.1) is 7.43 Å². The average molecular weight is 510 g/mol. The molecule has 0 aromatic carbocycles. The number of halogens is 2. The number of alkyl halides is 1. The predicted octanol–water partition coefficient (Wildman–Crippen LogP) is -7.73. The van der Waals surface area contributed by atoms with Gasteiger partial charge in [0.25, 0.3) is 0 Å². The first-order chi connectivity index (χ1) is 5.24. The van der Waals surface area contributed by atoms with E-state index in [4.69, 9.17) is 9.59 Å². The van der Waals surface area contributed by atoms with Crippen LogP contribution in [0.5, 0.6) is 0 Å². The molecule has 0 atom stereocenters. The summed E-state index contributed by atoms with van der Waals surface area (Å²) in [5.74, 6) is 0. The number of methoxy groups -OCH3 is 1. The fraction of sp³-hybridized carbons (Fsp3) is 0.667. The minimum atomic E-state index is 0. The smallest absolute Gasteiger partial charge is 1.00 e. The summed E-state index contributed by atoms with van der Waals surface area (Å²) in [4.78, 5) is 18.2. The van der Waals surface area contributed by atoms with Gasteiger partial charge in [-0.1, -0.05) is 22.6 Å². The molecule has 0 bridgehead atoms. The molecule has 0 aliphatic heterocycles. The van der Waals surface area contributed by atoms with Crippen LogP contribution in [-0.4, -0.2) is 77.3 Å². The van der Waals surface area contributed by atoms with Crippen LogP contribution in [0.4, 0.5) is 0 Å². The second-order valence-corrected chi connectivity index (χ2v) is 1.72. The maximum Gasteiger partial charge on any atom is 1.00 e. The summed E-state index contributed by atoms with van der Waals surface area (Å²) in [5.41, 5.74) is 0. The van der Waals surface area contributed by atoms with E-state index in [0.717, 1.165) is 16.6 Å². The van der Waals surface area contributed by atoms with Gasteiger partial charge in [-0.3, -0.25) is 0 Å². The summed E-state index contributed by atoms with van der Waals surface area (Å²) in [7, 11) is 4.94. The molecule has 0 radical (unpaired) electrons. The summed E-state index contributed by atoms with van der Waals surface area (Å²) in [6.07, 6.45) is 0.250. The minimum absolute atomic E-state index is 0. The Morgan fingerprint density at radius 3 is 1.06 bits per heavy atom. The van der Waals surface area contributed by atoms with Gasteiger partial charge in [-0.2, -0.15) is 9.59 Å². The molecule has 12 heteroatoms. The Morgan fingerprint density at radius 1 is 1.06 bits per heavy atom. The molecule has 0 aromatic heterocycles. The van der Waals surface area contributed by atoms with Crippen LogP contribution in [0.1, 0.15) is 1.43 Å². The van der Waals surface area contributed by atoms with Crippen LogP contribution in [-0.2, 0) is 18.1 Å². The van der Waals surface area contributed by atoms with E-state index in [0.29, 0.717) is 0 Å². The first-order valence-corrected chi connectivity index (χ1v) is 5.39. The third-order valence-corrected chi connectivity index (χ3v) is 0. The second-order valence-electron chi connectivity index (χ2n) is 0.900. The zero-order valence-electron chi connectivity index (χ0n) is 12.9. The van der Waals surface area contributed by atoms with Crippen molar-refractivity contribution >= 4 is 86.7 Å². The van der Waals surface area contributed by atoms with Gasteiger partial charge >= 0.3 is 60.5 Å². The van der Waals surface area contributed by atoms with E-state index in [1.54, 1.807) is 21.3 Å². The van der Waals surface area contributed by atoms with E-state index in [9.17, 15) is 0 Å². The summed E-state index contributed by atoms with van der Waals surface area (Å²) >= 11 is 3.02. The zero-order valence-corrected chi connectivity index (χ0v) is 18.4. The van der Waals surface area contributed by atoms with E-state index in [-0.39, 0.29) is 105 Å². The summed E-state index contributed by atoms with van der Waals surface area (Å²) in [6.45, 7) is 0. The van der Waals surface area contributed by atoms with Gasteiger partial charge in [0.1, 0.15) is 0 Å². The molecule has 0 spiro atoms. The van der Waals surface area contributed by atoms with Gasteiger partial charge in [-0.05, 0) is 4.93 Å². The van der Waals surface area contributed by atoms with Gasteiger partial charge < -0.3 is 28.3 Å². The molecule has 0 amide bonds. The van der Waals surface area contributed by atoms with Gasteiger partial charge in [0.15, 0.2) is 17.4 Å². The second kappa shape index (κ2) is 203. The molecule has 0 saturated heterocycles. The molecule has 0 heterocycles. The molecule has 0 aliphatic carbocycles. The number of carbonyl (C=O) groups excluding carboxylic acids is 2. The maximum absolute atomic E-state index is 8.12. The molecule has 6 nitrogen and oxygen atoms in total. The van der Waals surface area contributed by atoms with Gasteiger partial charge in [0.05, 0.1) is 0 Å². The third kappa shape index (κ3) is 705. The third-order valence-electron chi connectivity index (χ3n) is 0. The van der Waals surface area contributed by atoms with Gasteiger partial charge in [-0.25, -0.2) is 0 Å². The standard InChI is InChI=1S/C2H6O.CH3I.CO2.CH3O.CH3.2Al.HI.2Li.2H2O.6H/c1-3-2;1-2;2-1-3;1-2;;;;;;;;;;;;;;/h1-2H3;1H3;;1H3;1H3;;;1H;;;2*1H2;;;;;;/q;;;2*-1;;+1;;2*+1;;;;;;;;-1/i1-1,2-1;4*1-1;;;;;;;;;;;;;. The Bertz CT molecular complexity index is 79.7. The molecule has 18 heavy (non-hydrogen) atoms. The van der Waals surface area contributed by atoms with Crippen molar-refractivity contribution in [2.75, 3.05) is 26.3 Å². The summed E-state index contributed by atoms with van der Waals surface area (Å²) in [5, 5.41) is 0. The van der Waals surface area contributed by atoms with E-state index in [2.05, 4.69) is 31.1 Å². The van der Waals surface area contributed by atoms with Crippen LogP contribution >= 0.6 is 46.6 Å². The Balaban J connectivity index is -0.00000000304. The first kappa shape index (κ1) is 84.3. The molecule has 0 rings (SSSR count). The molecule has 0 aromatic rings. The van der Waals surface area contributed by atoms with E-state index < -0.39 is 0 Å². The van der Waals surface area contributed by atoms with Crippen molar-refractivity contribution in [3.8, 4) is 0 Å². The van der Waals surface area contributed by atoms with E-state index >= 15 is 0 Å².